The number of aryl methyl sites for hydroxylation is 1. The number of imidazole rings is 1. The average molecular weight is 419 g/mol. The van der Waals surface area contributed by atoms with E-state index in [0.717, 1.165) is 0 Å². The molecule has 4 rings (SSSR count). The Bertz CT molecular complexity index is 1080. The van der Waals surface area contributed by atoms with Crippen LogP contribution in [0.4, 0.5) is 0 Å². The molecule has 2 unspecified atom stereocenters. The summed E-state index contributed by atoms with van der Waals surface area (Å²) >= 11 is 0. The highest BCUT2D eigenvalue weighted by Gasteiger charge is 2.53. The van der Waals surface area contributed by atoms with E-state index in [9.17, 15) is 14.4 Å². The molecule has 8 heteroatoms. The molecule has 3 aromatic rings. The highest BCUT2D eigenvalue weighted by atomic mass is 16.5. The molecule has 0 aliphatic carbocycles. The molecule has 31 heavy (non-hydrogen) atoms. The lowest BCUT2D eigenvalue weighted by Gasteiger charge is -2.24. The Morgan fingerprint density at radius 3 is 2.74 bits per heavy atom. The molecule has 0 saturated carbocycles. The van der Waals surface area contributed by atoms with Crippen LogP contribution in [0.25, 0.3) is 0 Å². The van der Waals surface area contributed by atoms with E-state index >= 15 is 0 Å². The molecule has 0 radical (unpaired) electrons. The third-order valence-electron chi connectivity index (χ3n) is 5.47. The fourth-order valence-corrected chi connectivity index (χ4v) is 3.96. The number of carbonyl (C=O) groups excluding carboxylic acids is 3. The van der Waals surface area contributed by atoms with Crippen molar-refractivity contribution in [3.05, 3.63) is 78.6 Å². The number of aromatic nitrogens is 3. The summed E-state index contributed by atoms with van der Waals surface area (Å²) in [5.74, 6) is -2.31. The van der Waals surface area contributed by atoms with Gasteiger partial charge in [-0.3, -0.25) is 14.4 Å². The molecule has 1 aromatic carbocycles. The van der Waals surface area contributed by atoms with Crippen molar-refractivity contribution < 1.29 is 24.1 Å². The van der Waals surface area contributed by atoms with Crippen LogP contribution in [0, 0.1) is 5.92 Å². The van der Waals surface area contributed by atoms with E-state index in [2.05, 4.69) is 9.97 Å². The van der Waals surface area contributed by atoms with E-state index in [0.29, 0.717) is 36.5 Å². The summed E-state index contributed by atoms with van der Waals surface area (Å²) in [5.41, 5.74) is 0.984. The minimum absolute atomic E-state index is 0.340. The highest BCUT2D eigenvalue weighted by molar-refractivity contribution is 6.44. The van der Waals surface area contributed by atoms with Gasteiger partial charge in [-0.2, -0.15) is 0 Å². The first kappa shape index (κ1) is 20.5. The van der Waals surface area contributed by atoms with E-state index in [4.69, 9.17) is 4.74 Å². The topological polar surface area (TPSA) is 95.6 Å². The SMILES string of the molecule is COc1cccc(C(=O)C2C(=O)C(=O)N(CCCn3ccnc3)C2c2cccc[nH+]2)c1. The molecule has 8 nitrogen and oxygen atoms in total. The summed E-state index contributed by atoms with van der Waals surface area (Å²) in [4.78, 5) is 47.9. The van der Waals surface area contributed by atoms with Crippen molar-refractivity contribution in [3.63, 3.8) is 0 Å². The molecule has 2 aromatic heterocycles. The van der Waals surface area contributed by atoms with Gasteiger partial charge in [0.2, 0.25) is 11.5 Å². The largest absolute Gasteiger partial charge is 0.497 e. The van der Waals surface area contributed by atoms with Gasteiger partial charge in [-0.05, 0) is 18.6 Å². The number of carbonyl (C=O) groups is 3. The number of ketones is 2. The van der Waals surface area contributed by atoms with Crippen LogP contribution in [-0.2, 0) is 16.1 Å². The predicted octanol–water partition coefficient (Wildman–Crippen LogP) is 1.75. The lowest BCUT2D eigenvalue weighted by Crippen LogP contribution is -2.35. The number of rotatable bonds is 8. The number of hydrogen-bond acceptors (Lipinski definition) is 5. The Hall–Kier alpha value is -3.81. The van der Waals surface area contributed by atoms with E-state index < -0.39 is 29.4 Å². The number of nitrogens with one attached hydrogen (secondary N) is 1. The van der Waals surface area contributed by atoms with Crippen LogP contribution in [-0.4, -0.2) is 45.6 Å². The number of ether oxygens (including phenoxy) is 1. The van der Waals surface area contributed by atoms with Crippen molar-refractivity contribution in [1.82, 2.24) is 14.5 Å². The van der Waals surface area contributed by atoms with Gasteiger partial charge in [0.15, 0.2) is 12.0 Å². The van der Waals surface area contributed by atoms with Gasteiger partial charge < -0.3 is 14.2 Å². The number of Topliss-reactive ketones (excluding diaryl/α,β-unsaturated/α-hetero) is 2. The average Bonchev–Trinajstić information content (AvgIpc) is 3.41. The zero-order valence-electron chi connectivity index (χ0n) is 17.1. The number of methoxy groups -OCH3 is 1. The maximum Gasteiger partial charge on any atom is 0.291 e. The van der Waals surface area contributed by atoms with Crippen LogP contribution in [0.5, 0.6) is 5.75 Å². The lowest BCUT2D eigenvalue weighted by molar-refractivity contribution is -0.396. The van der Waals surface area contributed by atoms with Crippen molar-refractivity contribution in [1.29, 1.82) is 0 Å². The highest BCUT2D eigenvalue weighted by Crippen LogP contribution is 2.37. The standard InChI is InChI=1S/C23H22N4O4/c1-31-17-7-4-6-16(14-17)21(28)19-20(18-8-2-3-9-25-18)27(23(30)22(19)29)12-5-11-26-13-10-24-15-26/h2-4,6-10,13-15,19-20H,5,11-12H2,1H3/p+1. The van der Waals surface area contributed by atoms with Gasteiger partial charge in [-0.25, -0.2) is 9.97 Å². The molecular weight excluding hydrogens is 396 g/mol. The summed E-state index contributed by atoms with van der Waals surface area (Å²) in [6.07, 6.45) is 7.58. The van der Waals surface area contributed by atoms with Crippen LogP contribution in [0.1, 0.15) is 28.5 Å². The van der Waals surface area contributed by atoms with Crippen LogP contribution < -0.4 is 9.72 Å². The third-order valence-corrected chi connectivity index (χ3v) is 5.47. The first-order chi connectivity index (χ1) is 15.1. The Balaban J connectivity index is 1.65. The smallest absolute Gasteiger partial charge is 0.291 e. The molecule has 1 aliphatic rings. The number of aromatic amines is 1. The molecule has 1 N–H and O–H groups in total. The number of hydrogen-bond donors (Lipinski definition) is 0. The normalized spacial score (nSPS) is 18.4. The minimum atomic E-state index is -1.12. The molecule has 2 atom stereocenters. The van der Waals surface area contributed by atoms with Gasteiger partial charge in [0.1, 0.15) is 17.7 Å². The van der Waals surface area contributed by atoms with Crippen LogP contribution >= 0.6 is 0 Å². The first-order valence-corrected chi connectivity index (χ1v) is 10.1. The summed E-state index contributed by atoms with van der Waals surface area (Å²) in [6, 6.07) is 11.4. The summed E-state index contributed by atoms with van der Waals surface area (Å²) in [5, 5.41) is 0. The van der Waals surface area contributed by atoms with Crippen LogP contribution in [0.2, 0.25) is 0 Å². The van der Waals surface area contributed by atoms with E-state index in [-0.39, 0.29) is 0 Å². The Kier molecular flexibility index (Phi) is 5.88. The van der Waals surface area contributed by atoms with Gasteiger partial charge in [-0.1, -0.05) is 18.2 Å². The second kappa shape index (κ2) is 8.91. The molecule has 0 bridgehead atoms. The first-order valence-electron chi connectivity index (χ1n) is 10.1. The predicted molar refractivity (Wildman–Crippen MR) is 110 cm³/mol. The number of benzene rings is 1. The molecular formula is C23H23N4O4+. The molecule has 1 fully saturated rings. The minimum Gasteiger partial charge on any atom is -0.497 e. The van der Waals surface area contributed by atoms with Crippen molar-refractivity contribution in [3.8, 4) is 5.75 Å². The van der Waals surface area contributed by atoms with Crippen LogP contribution in [0.15, 0.2) is 67.4 Å². The van der Waals surface area contributed by atoms with Crippen molar-refractivity contribution in [2.24, 2.45) is 5.92 Å². The monoisotopic (exact) mass is 419 g/mol. The van der Waals surface area contributed by atoms with E-state index in [1.54, 1.807) is 49.1 Å². The van der Waals surface area contributed by atoms with Gasteiger partial charge in [-0.15, -0.1) is 0 Å². The second-order valence-electron chi connectivity index (χ2n) is 7.35. The van der Waals surface area contributed by atoms with E-state index in [1.165, 1.54) is 12.0 Å². The molecule has 0 spiro atoms. The molecule has 1 aliphatic heterocycles. The third kappa shape index (κ3) is 4.09. The fraction of sp³-hybridized carbons (Fsp3) is 0.261. The molecule has 3 heterocycles. The van der Waals surface area contributed by atoms with E-state index in [1.807, 2.05) is 22.9 Å². The maximum atomic E-state index is 13.4. The summed E-state index contributed by atoms with van der Waals surface area (Å²) in [7, 11) is 1.51. The lowest BCUT2D eigenvalue weighted by atomic mass is 9.88. The van der Waals surface area contributed by atoms with Gasteiger partial charge in [0.25, 0.3) is 5.91 Å². The maximum absolute atomic E-state index is 13.4. The zero-order valence-corrected chi connectivity index (χ0v) is 17.1. The van der Waals surface area contributed by atoms with Gasteiger partial charge >= 0.3 is 0 Å². The van der Waals surface area contributed by atoms with Crippen molar-refractivity contribution in [2.45, 2.75) is 19.0 Å². The number of amides is 1. The van der Waals surface area contributed by atoms with Gasteiger partial charge in [0.05, 0.1) is 13.4 Å². The molecule has 1 saturated heterocycles. The Labute approximate surface area is 179 Å². The molecule has 158 valence electrons. The van der Waals surface area contributed by atoms with Crippen molar-refractivity contribution >= 4 is 17.5 Å². The zero-order chi connectivity index (χ0) is 21.8. The van der Waals surface area contributed by atoms with Crippen LogP contribution in [0.3, 0.4) is 0 Å². The number of nitrogens with zero attached hydrogens (tertiary/aromatic N) is 3. The Morgan fingerprint density at radius 1 is 1.16 bits per heavy atom. The number of pyridine rings is 1. The number of H-pyrrole nitrogens is 1. The Morgan fingerprint density at radius 2 is 2.03 bits per heavy atom. The fourth-order valence-electron chi connectivity index (χ4n) is 3.96. The molecule has 1 amide bonds. The quantitative estimate of drug-likeness (QED) is 0.315. The second-order valence-corrected chi connectivity index (χ2v) is 7.35. The summed E-state index contributed by atoms with van der Waals surface area (Å²) in [6.45, 7) is 0.996. The number of likely N-dealkylation sites (tertiary alicyclic amines) is 1. The van der Waals surface area contributed by atoms with Gasteiger partial charge in [0, 0.05) is 43.2 Å². The van der Waals surface area contributed by atoms with Crippen molar-refractivity contribution in [2.75, 3.05) is 13.7 Å². The summed E-state index contributed by atoms with van der Waals surface area (Å²) < 4.78 is 7.12.